The molecule has 1 aliphatic heterocycles. The molecule has 5 nitrogen and oxygen atoms in total. The van der Waals surface area contributed by atoms with E-state index in [9.17, 15) is 14.4 Å². The number of methoxy groups -OCH3 is 1. The number of ether oxygens (including phenoxy) is 1. The molecule has 0 spiro atoms. The third kappa shape index (κ3) is 3.28. The molecule has 2 aromatic rings. The molecule has 0 fully saturated rings. The minimum Gasteiger partial charge on any atom is -0.466 e. The predicted molar refractivity (Wildman–Crippen MR) is 96.6 cm³/mol. The molecule has 5 heteroatoms. The van der Waals surface area contributed by atoms with E-state index in [1.54, 1.807) is 37.3 Å². The first-order valence-corrected chi connectivity index (χ1v) is 8.30. The molecule has 0 bridgehead atoms. The smallest absolute Gasteiger partial charge is 0.333 e. The average molecular weight is 349 g/mol. The summed E-state index contributed by atoms with van der Waals surface area (Å²) in [6.07, 6.45) is 2.04. The van der Waals surface area contributed by atoms with Gasteiger partial charge < -0.3 is 4.74 Å². The number of benzene rings is 2. The van der Waals surface area contributed by atoms with Crippen LogP contribution in [0.25, 0.3) is 0 Å². The van der Waals surface area contributed by atoms with E-state index < -0.39 is 12.0 Å². The van der Waals surface area contributed by atoms with Crippen LogP contribution < -0.4 is 0 Å². The third-order valence-corrected chi connectivity index (χ3v) is 4.39. The second-order valence-electron chi connectivity index (χ2n) is 6.12. The molecular formula is C21H19NO4. The number of hydrogen-bond acceptors (Lipinski definition) is 4. The predicted octanol–water partition coefficient (Wildman–Crippen LogP) is 3.01. The van der Waals surface area contributed by atoms with Crippen LogP contribution in [0.1, 0.15) is 33.2 Å². The number of rotatable bonds is 5. The maximum absolute atomic E-state index is 12.8. The molecule has 1 unspecified atom stereocenters. The van der Waals surface area contributed by atoms with Crippen molar-refractivity contribution in [1.82, 2.24) is 4.90 Å². The van der Waals surface area contributed by atoms with Gasteiger partial charge in [0.15, 0.2) is 0 Å². The summed E-state index contributed by atoms with van der Waals surface area (Å²) in [4.78, 5) is 38.7. The molecule has 0 aliphatic carbocycles. The number of amides is 2. The Kier molecular flexibility index (Phi) is 4.98. The monoisotopic (exact) mass is 349 g/mol. The van der Waals surface area contributed by atoms with E-state index in [0.717, 1.165) is 5.56 Å². The van der Waals surface area contributed by atoms with Crippen molar-refractivity contribution in [2.75, 3.05) is 7.11 Å². The lowest BCUT2D eigenvalue weighted by molar-refractivity contribution is -0.136. The summed E-state index contributed by atoms with van der Waals surface area (Å²) < 4.78 is 4.75. The maximum Gasteiger partial charge on any atom is 0.333 e. The van der Waals surface area contributed by atoms with Crippen molar-refractivity contribution < 1.29 is 19.1 Å². The number of fused-ring (bicyclic) bond motifs is 1. The minimum atomic E-state index is -0.580. The van der Waals surface area contributed by atoms with Crippen LogP contribution in [0.15, 0.2) is 66.2 Å². The Hall–Kier alpha value is -3.21. The van der Waals surface area contributed by atoms with Crippen LogP contribution in [-0.4, -0.2) is 35.8 Å². The van der Waals surface area contributed by atoms with Gasteiger partial charge in [0.2, 0.25) is 0 Å². The SMILES string of the molecule is COC(=O)C(C)=CC(Cc1ccccc1)N1C(=O)c2ccccc2C1=O. The van der Waals surface area contributed by atoms with Gasteiger partial charge in [-0.3, -0.25) is 14.5 Å². The zero-order valence-corrected chi connectivity index (χ0v) is 14.6. The Labute approximate surface area is 151 Å². The zero-order chi connectivity index (χ0) is 18.7. The molecule has 26 heavy (non-hydrogen) atoms. The number of hydrogen-bond donors (Lipinski definition) is 0. The molecular weight excluding hydrogens is 330 g/mol. The summed E-state index contributed by atoms with van der Waals surface area (Å²) in [5, 5.41) is 0. The van der Waals surface area contributed by atoms with Gasteiger partial charge in [-0.1, -0.05) is 48.5 Å². The van der Waals surface area contributed by atoms with Crippen LogP contribution in [-0.2, 0) is 16.0 Å². The van der Waals surface area contributed by atoms with Gasteiger partial charge >= 0.3 is 5.97 Å². The molecule has 1 aliphatic rings. The highest BCUT2D eigenvalue weighted by atomic mass is 16.5. The molecule has 0 saturated heterocycles. The highest BCUT2D eigenvalue weighted by Crippen LogP contribution is 2.27. The van der Waals surface area contributed by atoms with Crippen LogP contribution in [0.2, 0.25) is 0 Å². The summed E-state index contributed by atoms with van der Waals surface area (Å²) in [6.45, 7) is 1.61. The fraction of sp³-hybridized carbons (Fsp3) is 0.190. The van der Waals surface area contributed by atoms with Crippen LogP contribution in [0.4, 0.5) is 0 Å². The Morgan fingerprint density at radius 2 is 1.54 bits per heavy atom. The fourth-order valence-electron chi connectivity index (χ4n) is 3.11. The normalized spacial score (nSPS) is 15.0. The lowest BCUT2D eigenvalue weighted by atomic mass is 10.0. The van der Waals surface area contributed by atoms with E-state index >= 15 is 0 Å². The van der Waals surface area contributed by atoms with Gasteiger partial charge in [-0.05, 0) is 31.0 Å². The Morgan fingerprint density at radius 3 is 2.08 bits per heavy atom. The lowest BCUT2D eigenvalue weighted by Crippen LogP contribution is -2.40. The molecule has 0 radical (unpaired) electrons. The molecule has 1 atom stereocenters. The standard InChI is InChI=1S/C21H19NO4/c1-14(21(25)26-2)12-16(13-15-8-4-3-5-9-15)22-19(23)17-10-6-7-11-18(17)20(22)24/h3-12,16H,13H2,1-2H3. The van der Waals surface area contributed by atoms with Gasteiger partial charge in [0.1, 0.15) is 0 Å². The fourth-order valence-corrected chi connectivity index (χ4v) is 3.11. The lowest BCUT2D eigenvalue weighted by Gasteiger charge is -2.24. The zero-order valence-electron chi connectivity index (χ0n) is 14.6. The van der Waals surface area contributed by atoms with Crippen LogP contribution >= 0.6 is 0 Å². The highest BCUT2D eigenvalue weighted by Gasteiger charge is 2.39. The molecule has 3 rings (SSSR count). The van der Waals surface area contributed by atoms with Crippen molar-refractivity contribution >= 4 is 17.8 Å². The van der Waals surface area contributed by atoms with E-state index in [0.29, 0.717) is 23.1 Å². The average Bonchev–Trinajstić information content (AvgIpc) is 2.92. The van der Waals surface area contributed by atoms with Crippen LogP contribution in [0, 0.1) is 0 Å². The highest BCUT2D eigenvalue weighted by molar-refractivity contribution is 6.21. The van der Waals surface area contributed by atoms with E-state index in [1.165, 1.54) is 12.0 Å². The van der Waals surface area contributed by atoms with Crippen molar-refractivity contribution in [3.05, 3.63) is 82.9 Å². The molecule has 132 valence electrons. The van der Waals surface area contributed by atoms with Gasteiger partial charge in [-0.2, -0.15) is 0 Å². The summed E-state index contributed by atoms with van der Waals surface area (Å²) >= 11 is 0. The number of nitrogens with zero attached hydrogens (tertiary/aromatic N) is 1. The first-order chi connectivity index (χ1) is 12.5. The summed E-state index contributed by atoms with van der Waals surface area (Å²) in [7, 11) is 1.30. The molecule has 1 heterocycles. The number of esters is 1. The molecule has 0 N–H and O–H groups in total. The molecule has 0 saturated carbocycles. The van der Waals surface area contributed by atoms with Gasteiger partial charge in [-0.25, -0.2) is 4.79 Å². The van der Waals surface area contributed by atoms with Crippen molar-refractivity contribution in [2.24, 2.45) is 0 Å². The van der Waals surface area contributed by atoms with E-state index in [1.807, 2.05) is 30.3 Å². The minimum absolute atomic E-state index is 0.347. The first-order valence-electron chi connectivity index (χ1n) is 8.30. The van der Waals surface area contributed by atoms with Crippen molar-refractivity contribution in [3.8, 4) is 0 Å². The molecule has 2 aromatic carbocycles. The van der Waals surface area contributed by atoms with Gasteiger partial charge in [0.25, 0.3) is 11.8 Å². The quantitative estimate of drug-likeness (QED) is 0.473. The van der Waals surface area contributed by atoms with Crippen LogP contribution in [0.5, 0.6) is 0 Å². The van der Waals surface area contributed by atoms with Crippen molar-refractivity contribution in [3.63, 3.8) is 0 Å². The second kappa shape index (κ2) is 7.35. The van der Waals surface area contributed by atoms with E-state index in [2.05, 4.69) is 0 Å². The second-order valence-corrected chi connectivity index (χ2v) is 6.12. The summed E-state index contributed by atoms with van der Waals surface area (Å²) in [5.41, 5.74) is 2.09. The van der Waals surface area contributed by atoms with E-state index in [4.69, 9.17) is 4.74 Å². The molecule has 2 amide bonds. The van der Waals surface area contributed by atoms with Crippen molar-refractivity contribution in [2.45, 2.75) is 19.4 Å². The third-order valence-electron chi connectivity index (χ3n) is 4.39. The van der Waals surface area contributed by atoms with Crippen LogP contribution in [0.3, 0.4) is 0 Å². The number of carbonyl (C=O) groups is 3. The molecule has 0 aromatic heterocycles. The van der Waals surface area contributed by atoms with Crippen molar-refractivity contribution in [1.29, 1.82) is 0 Å². The Bertz CT molecular complexity index is 851. The first kappa shape index (κ1) is 17.6. The van der Waals surface area contributed by atoms with E-state index in [-0.39, 0.29) is 11.8 Å². The maximum atomic E-state index is 12.8. The summed E-state index contributed by atoms with van der Waals surface area (Å²) in [6, 6.07) is 15.7. The summed E-state index contributed by atoms with van der Waals surface area (Å²) in [5.74, 6) is -1.18. The Morgan fingerprint density at radius 1 is 1.00 bits per heavy atom. The van der Waals surface area contributed by atoms with Gasteiger partial charge in [-0.15, -0.1) is 0 Å². The number of imide groups is 1. The number of carbonyl (C=O) groups excluding carboxylic acids is 3. The van der Waals surface area contributed by atoms with Gasteiger partial charge in [0.05, 0.1) is 24.3 Å². The topological polar surface area (TPSA) is 63.7 Å². The Balaban J connectivity index is 2.00. The van der Waals surface area contributed by atoms with Gasteiger partial charge in [0, 0.05) is 5.57 Å². The largest absolute Gasteiger partial charge is 0.466 e.